The van der Waals surface area contributed by atoms with Crippen molar-refractivity contribution in [2.24, 2.45) is 0 Å². The largest absolute Gasteiger partial charge is 0.351 e. The van der Waals surface area contributed by atoms with Crippen LogP contribution >= 0.6 is 0 Å². The molecule has 0 aromatic heterocycles. The highest BCUT2D eigenvalue weighted by Gasteiger charge is 2.00. The summed E-state index contributed by atoms with van der Waals surface area (Å²) in [6.07, 6.45) is 3.06. The Bertz CT molecular complexity index is 78.6. The van der Waals surface area contributed by atoms with E-state index < -0.39 is 0 Å². The van der Waals surface area contributed by atoms with Crippen LogP contribution in [0.4, 0.5) is 0 Å². The lowest BCUT2D eigenvalue weighted by Crippen LogP contribution is -2.19. The zero-order chi connectivity index (χ0) is 9.23. The lowest BCUT2D eigenvalue weighted by atomic mass is 10.4. The number of hydrogen-bond acceptors (Lipinski definition) is 2. The average Bonchev–Trinajstić information content (AvgIpc) is 2.06. The van der Waals surface area contributed by atoms with Crippen LogP contribution in [0.3, 0.4) is 0 Å². The number of hydrogen-bond donors (Lipinski definition) is 0. The molecule has 0 aromatic carbocycles. The molecule has 3 nitrogen and oxygen atoms in total. The van der Waals surface area contributed by atoms with Gasteiger partial charge in [0, 0.05) is 13.2 Å². The molecule has 0 bridgehead atoms. The molecule has 0 aromatic rings. The number of nitrogens with zero attached hydrogens (tertiary/aromatic N) is 1. The van der Waals surface area contributed by atoms with Gasteiger partial charge in [-0.3, -0.25) is 4.84 Å². The fraction of sp³-hybridized carbons (Fsp3) is 1.00. The van der Waals surface area contributed by atoms with Gasteiger partial charge in [-0.05, 0) is 19.8 Å². The maximum Gasteiger partial charge on any atom is 0.176 e. The Balaban J connectivity index is 3.04. The van der Waals surface area contributed by atoms with E-state index in [2.05, 4.69) is 19.3 Å². The molecule has 12 heavy (non-hydrogen) atoms. The molecule has 0 heterocycles. The van der Waals surface area contributed by atoms with Crippen LogP contribution in [0.1, 0.15) is 40.0 Å². The number of rotatable bonds is 8. The minimum Gasteiger partial charge on any atom is -0.351 e. The molecular weight excluding hydrogens is 154 g/mol. The first-order valence-electron chi connectivity index (χ1n) is 4.75. The van der Waals surface area contributed by atoms with Gasteiger partial charge in [0.2, 0.25) is 0 Å². The molecule has 0 saturated carbocycles. The predicted octanol–water partition coefficient (Wildman–Crippen LogP) is 2.10. The molecule has 1 atom stereocenters. The molecule has 0 aliphatic heterocycles. The van der Waals surface area contributed by atoms with Crippen LogP contribution in [0.2, 0.25) is 0 Å². The van der Waals surface area contributed by atoms with E-state index in [0.29, 0.717) is 0 Å². The van der Waals surface area contributed by atoms with E-state index in [1.807, 2.05) is 6.92 Å². The normalized spacial score (nSPS) is 13.2. The van der Waals surface area contributed by atoms with Crippen molar-refractivity contribution in [1.82, 2.24) is 5.48 Å². The monoisotopic (exact) mass is 174 g/mol. The first kappa shape index (κ1) is 11.9. The van der Waals surface area contributed by atoms with E-state index in [-0.39, 0.29) is 6.29 Å². The summed E-state index contributed by atoms with van der Waals surface area (Å²) in [6.45, 7) is 7.58. The minimum absolute atomic E-state index is 0.192. The molecule has 0 aliphatic rings. The van der Waals surface area contributed by atoms with Crippen molar-refractivity contribution < 1.29 is 9.57 Å². The van der Waals surface area contributed by atoms with E-state index >= 15 is 0 Å². The van der Waals surface area contributed by atoms with Crippen LogP contribution in [0, 0.1) is 0 Å². The number of hydroxylamine groups is 1. The van der Waals surface area contributed by atoms with Crippen molar-refractivity contribution >= 4 is 0 Å². The van der Waals surface area contributed by atoms with Gasteiger partial charge in [0.05, 0.1) is 0 Å². The quantitative estimate of drug-likeness (QED) is 0.320. The summed E-state index contributed by atoms with van der Waals surface area (Å²) in [6, 6.07) is 0. The third-order valence-corrected chi connectivity index (χ3v) is 1.39. The average molecular weight is 174 g/mol. The standard InChI is InChI=1S/C9H20NO2/c1-4-6-8-11-9(3)12-10-7-5-2/h9H,4-8H2,1-3H3. The maximum atomic E-state index is 5.31. The SMILES string of the molecule is CCCCOC(C)O[N]CCC. The molecule has 0 fully saturated rings. The number of unbranched alkanes of at least 4 members (excludes halogenated alkanes) is 1. The Hall–Kier alpha value is -0.120. The van der Waals surface area contributed by atoms with Gasteiger partial charge >= 0.3 is 0 Å². The maximum absolute atomic E-state index is 5.31. The second kappa shape index (κ2) is 8.97. The second-order valence-corrected chi connectivity index (χ2v) is 2.75. The lowest BCUT2D eigenvalue weighted by Gasteiger charge is -2.11. The Morgan fingerprint density at radius 2 is 2.00 bits per heavy atom. The molecule has 1 unspecified atom stereocenters. The van der Waals surface area contributed by atoms with Gasteiger partial charge in [0.1, 0.15) is 0 Å². The Kier molecular flexibility index (Phi) is 8.88. The molecule has 73 valence electrons. The third kappa shape index (κ3) is 7.98. The van der Waals surface area contributed by atoms with Crippen LogP contribution in [0.25, 0.3) is 0 Å². The zero-order valence-electron chi connectivity index (χ0n) is 8.38. The summed E-state index contributed by atoms with van der Waals surface area (Å²) in [4.78, 5) is 5.03. The van der Waals surface area contributed by atoms with Gasteiger partial charge in [-0.1, -0.05) is 25.7 Å². The Morgan fingerprint density at radius 3 is 2.58 bits per heavy atom. The Morgan fingerprint density at radius 1 is 1.25 bits per heavy atom. The number of ether oxygens (including phenoxy) is 1. The van der Waals surface area contributed by atoms with Gasteiger partial charge in [0.25, 0.3) is 0 Å². The van der Waals surface area contributed by atoms with Crippen LogP contribution in [0.15, 0.2) is 0 Å². The van der Waals surface area contributed by atoms with Crippen molar-refractivity contribution in [3.8, 4) is 0 Å². The minimum atomic E-state index is -0.192. The van der Waals surface area contributed by atoms with Crippen molar-refractivity contribution in [3.05, 3.63) is 0 Å². The van der Waals surface area contributed by atoms with E-state index in [9.17, 15) is 0 Å². The second-order valence-electron chi connectivity index (χ2n) is 2.75. The fourth-order valence-corrected chi connectivity index (χ4v) is 0.673. The highest BCUT2D eigenvalue weighted by Crippen LogP contribution is 1.95. The third-order valence-electron chi connectivity index (χ3n) is 1.39. The molecule has 3 heteroatoms. The summed E-state index contributed by atoms with van der Waals surface area (Å²) in [5.74, 6) is 0. The topological polar surface area (TPSA) is 32.6 Å². The molecule has 0 saturated heterocycles. The van der Waals surface area contributed by atoms with E-state index in [1.165, 1.54) is 0 Å². The molecule has 0 spiro atoms. The van der Waals surface area contributed by atoms with Gasteiger partial charge in [0.15, 0.2) is 6.29 Å². The smallest absolute Gasteiger partial charge is 0.176 e. The van der Waals surface area contributed by atoms with E-state index in [4.69, 9.17) is 9.57 Å². The first-order chi connectivity index (χ1) is 5.81. The van der Waals surface area contributed by atoms with Crippen molar-refractivity contribution in [2.45, 2.75) is 46.3 Å². The molecule has 0 rings (SSSR count). The van der Waals surface area contributed by atoms with Crippen molar-refractivity contribution in [1.29, 1.82) is 0 Å². The van der Waals surface area contributed by atoms with Crippen LogP contribution in [0.5, 0.6) is 0 Å². The van der Waals surface area contributed by atoms with E-state index in [0.717, 1.165) is 32.4 Å². The molecule has 1 radical (unpaired) electrons. The highest BCUT2D eigenvalue weighted by molar-refractivity contribution is 4.34. The van der Waals surface area contributed by atoms with Gasteiger partial charge in [-0.15, -0.1) is 0 Å². The highest BCUT2D eigenvalue weighted by atomic mass is 16.8. The fourth-order valence-electron chi connectivity index (χ4n) is 0.673. The molecular formula is C9H20NO2. The summed E-state index contributed by atoms with van der Waals surface area (Å²) < 4.78 is 5.31. The first-order valence-corrected chi connectivity index (χ1v) is 4.75. The van der Waals surface area contributed by atoms with Crippen molar-refractivity contribution in [3.63, 3.8) is 0 Å². The lowest BCUT2D eigenvalue weighted by molar-refractivity contribution is -0.173. The summed E-state index contributed by atoms with van der Waals surface area (Å²) in [5, 5.41) is 0. The molecule has 0 aliphatic carbocycles. The van der Waals surface area contributed by atoms with Gasteiger partial charge < -0.3 is 4.74 Å². The summed E-state index contributed by atoms with van der Waals surface area (Å²) in [7, 11) is 0. The van der Waals surface area contributed by atoms with Crippen LogP contribution in [-0.4, -0.2) is 19.4 Å². The van der Waals surface area contributed by atoms with E-state index in [1.54, 1.807) is 0 Å². The molecule has 0 amide bonds. The Labute approximate surface area is 75.4 Å². The van der Waals surface area contributed by atoms with Gasteiger partial charge in [-0.2, -0.15) is 0 Å². The van der Waals surface area contributed by atoms with Crippen molar-refractivity contribution in [2.75, 3.05) is 13.2 Å². The van der Waals surface area contributed by atoms with Gasteiger partial charge in [-0.25, -0.2) is 0 Å². The summed E-state index contributed by atoms with van der Waals surface area (Å²) >= 11 is 0. The predicted molar refractivity (Wildman–Crippen MR) is 48.7 cm³/mol. The van der Waals surface area contributed by atoms with Crippen LogP contribution in [-0.2, 0) is 9.57 Å². The summed E-state index contributed by atoms with van der Waals surface area (Å²) in [5.41, 5.74) is 3.84. The zero-order valence-corrected chi connectivity index (χ0v) is 8.38. The molecule has 0 N–H and O–H groups in total. The van der Waals surface area contributed by atoms with Crippen LogP contribution < -0.4 is 5.48 Å².